The first-order chi connectivity index (χ1) is 20.6. The molecule has 45 heavy (non-hydrogen) atoms. The first-order valence-corrected chi connectivity index (χ1v) is 15.0. The van der Waals surface area contributed by atoms with Crippen LogP contribution in [0.25, 0.3) is 10.3 Å². The molecular formula is C32H36Cl2N6O4S. The Morgan fingerprint density at radius 3 is 2.56 bits per heavy atom. The molecule has 5 rings (SSSR count). The lowest BCUT2D eigenvalue weighted by Gasteiger charge is -2.30. The highest BCUT2D eigenvalue weighted by molar-refractivity contribution is 7.21. The Kier molecular flexibility index (Phi) is 12.3. The van der Waals surface area contributed by atoms with Crippen LogP contribution in [-0.4, -0.2) is 58.0 Å². The summed E-state index contributed by atoms with van der Waals surface area (Å²) < 4.78 is 6.10. The summed E-state index contributed by atoms with van der Waals surface area (Å²) in [6, 6.07) is 18.2. The molecule has 4 aromatic rings. The van der Waals surface area contributed by atoms with Gasteiger partial charge < -0.3 is 20.5 Å². The molecule has 3 N–H and O–H groups in total. The predicted molar refractivity (Wildman–Crippen MR) is 181 cm³/mol. The van der Waals surface area contributed by atoms with Gasteiger partial charge in [-0.05, 0) is 88.0 Å². The van der Waals surface area contributed by atoms with E-state index in [0.29, 0.717) is 44.3 Å². The maximum absolute atomic E-state index is 13.0. The van der Waals surface area contributed by atoms with Crippen molar-refractivity contribution >= 4 is 69.1 Å². The van der Waals surface area contributed by atoms with E-state index >= 15 is 0 Å². The van der Waals surface area contributed by atoms with Gasteiger partial charge in [0.25, 0.3) is 5.91 Å². The van der Waals surface area contributed by atoms with Crippen LogP contribution in [0.15, 0.2) is 54.6 Å². The Hall–Kier alpha value is -3.79. The molecule has 2 amide bonds. The number of nitrogens with zero attached hydrogens (tertiary/aromatic N) is 4. The number of ether oxygens (including phenoxy) is 1. The van der Waals surface area contributed by atoms with Crippen LogP contribution in [0.5, 0.6) is 11.6 Å². The van der Waals surface area contributed by atoms with Crippen molar-refractivity contribution in [3.8, 4) is 17.7 Å². The second-order valence-corrected chi connectivity index (χ2v) is 12.3. The van der Waals surface area contributed by atoms with E-state index in [-0.39, 0.29) is 49.8 Å². The SMILES string of the molecule is Cc1ccc(NC(=O)c2cccc(C(C)(C)C#N)c2)cc1Oc1ccc2nc(NC(=O)CN3CCC(CO)CC3)sc2n1.Cl.Cl. The number of thiazole rings is 1. The Labute approximate surface area is 278 Å². The number of carbonyl (C=O) groups is 2. The van der Waals surface area contributed by atoms with E-state index < -0.39 is 5.41 Å². The molecule has 0 atom stereocenters. The fourth-order valence-electron chi connectivity index (χ4n) is 4.82. The third kappa shape index (κ3) is 8.90. The summed E-state index contributed by atoms with van der Waals surface area (Å²) in [7, 11) is 0. The van der Waals surface area contributed by atoms with Crippen LogP contribution in [0.1, 0.15) is 48.2 Å². The van der Waals surface area contributed by atoms with Gasteiger partial charge in [0.05, 0.1) is 18.0 Å². The van der Waals surface area contributed by atoms with Gasteiger partial charge in [-0.1, -0.05) is 29.5 Å². The Balaban J connectivity index is 0.00000276. The highest BCUT2D eigenvalue weighted by Crippen LogP contribution is 2.31. The van der Waals surface area contributed by atoms with Gasteiger partial charge in [0.2, 0.25) is 11.8 Å². The fraction of sp³-hybridized carbons (Fsp3) is 0.344. The van der Waals surface area contributed by atoms with Crippen molar-refractivity contribution in [3.63, 3.8) is 0 Å². The fourth-order valence-corrected chi connectivity index (χ4v) is 5.66. The number of hydrogen-bond acceptors (Lipinski definition) is 9. The second kappa shape index (κ2) is 15.5. The van der Waals surface area contributed by atoms with E-state index in [2.05, 4.69) is 31.6 Å². The highest BCUT2D eigenvalue weighted by Gasteiger charge is 2.22. The molecular weight excluding hydrogens is 635 g/mol. The second-order valence-electron chi connectivity index (χ2n) is 11.3. The maximum Gasteiger partial charge on any atom is 0.255 e. The molecule has 0 radical (unpaired) electrons. The van der Waals surface area contributed by atoms with Gasteiger partial charge in [-0.25, -0.2) is 9.97 Å². The molecule has 0 aliphatic carbocycles. The molecule has 2 aromatic carbocycles. The average Bonchev–Trinajstić information content (AvgIpc) is 3.40. The standard InChI is InChI=1S/C32H34N6O4S.2ClH/c1-20-7-8-24(34-29(41)22-5-4-6-23(15-22)32(2,3)19-33)16-26(20)42-28-10-9-25-30(37-28)43-31(35-25)36-27(40)17-38-13-11-21(18-39)12-14-38;;/h4-10,15-16,21,39H,11-14,17-18H2,1-3H3,(H,34,41)(H,35,36,40);2*1H. The average molecular weight is 672 g/mol. The molecule has 13 heteroatoms. The van der Waals surface area contributed by atoms with E-state index in [1.807, 2.05) is 32.9 Å². The largest absolute Gasteiger partial charge is 0.439 e. The van der Waals surface area contributed by atoms with Crippen LogP contribution < -0.4 is 15.4 Å². The predicted octanol–water partition coefficient (Wildman–Crippen LogP) is 6.33. The van der Waals surface area contributed by atoms with E-state index in [1.54, 1.807) is 42.5 Å². The summed E-state index contributed by atoms with van der Waals surface area (Å²) in [5, 5.41) is 25.0. The number of anilines is 2. The summed E-state index contributed by atoms with van der Waals surface area (Å²) in [5.74, 6) is 0.792. The van der Waals surface area contributed by atoms with Crippen molar-refractivity contribution in [2.45, 2.75) is 39.0 Å². The topological polar surface area (TPSA) is 140 Å². The molecule has 1 saturated heterocycles. The monoisotopic (exact) mass is 670 g/mol. The van der Waals surface area contributed by atoms with Crippen molar-refractivity contribution in [3.05, 3.63) is 71.3 Å². The van der Waals surface area contributed by atoms with Gasteiger partial charge in [0.15, 0.2) is 5.13 Å². The third-order valence-corrected chi connectivity index (χ3v) is 8.48. The molecule has 0 bridgehead atoms. The van der Waals surface area contributed by atoms with Crippen molar-refractivity contribution in [2.24, 2.45) is 5.92 Å². The Morgan fingerprint density at radius 1 is 1.09 bits per heavy atom. The minimum atomic E-state index is -0.710. The summed E-state index contributed by atoms with van der Waals surface area (Å²) in [5.41, 5.74) is 2.57. The summed E-state index contributed by atoms with van der Waals surface area (Å²) in [6.45, 7) is 7.59. The van der Waals surface area contributed by atoms with Crippen molar-refractivity contribution in [1.82, 2.24) is 14.9 Å². The number of aliphatic hydroxyl groups is 1. The number of benzene rings is 2. The zero-order chi connectivity index (χ0) is 30.6. The summed E-state index contributed by atoms with van der Waals surface area (Å²) in [6.07, 6.45) is 1.78. The van der Waals surface area contributed by atoms with Crippen LogP contribution in [-0.2, 0) is 10.2 Å². The molecule has 1 aliphatic heterocycles. The Morgan fingerprint density at radius 2 is 1.84 bits per heavy atom. The number of halogens is 2. The van der Waals surface area contributed by atoms with Crippen LogP contribution in [0.3, 0.4) is 0 Å². The maximum atomic E-state index is 13.0. The molecule has 238 valence electrons. The van der Waals surface area contributed by atoms with Crippen LogP contribution in [0, 0.1) is 24.2 Å². The molecule has 0 unspecified atom stereocenters. The number of aryl methyl sites for hydroxylation is 1. The first kappa shape index (κ1) is 35.7. The number of likely N-dealkylation sites (tertiary alicyclic amines) is 1. The van der Waals surface area contributed by atoms with Crippen LogP contribution in [0.4, 0.5) is 10.8 Å². The molecule has 0 spiro atoms. The van der Waals surface area contributed by atoms with E-state index in [4.69, 9.17) is 4.74 Å². The van der Waals surface area contributed by atoms with E-state index in [1.165, 1.54) is 11.3 Å². The lowest BCUT2D eigenvalue weighted by molar-refractivity contribution is -0.117. The van der Waals surface area contributed by atoms with Gasteiger partial charge in [0.1, 0.15) is 16.1 Å². The summed E-state index contributed by atoms with van der Waals surface area (Å²) in [4.78, 5) is 37.4. The summed E-state index contributed by atoms with van der Waals surface area (Å²) >= 11 is 1.27. The number of aromatic nitrogens is 2. The number of fused-ring (bicyclic) bond motifs is 1. The minimum absolute atomic E-state index is 0. The number of aliphatic hydroxyl groups excluding tert-OH is 1. The van der Waals surface area contributed by atoms with E-state index in [9.17, 15) is 20.0 Å². The number of nitriles is 1. The van der Waals surface area contributed by atoms with Gasteiger partial charge in [-0.3, -0.25) is 14.5 Å². The van der Waals surface area contributed by atoms with Gasteiger partial charge in [-0.2, -0.15) is 5.26 Å². The van der Waals surface area contributed by atoms with Gasteiger partial charge >= 0.3 is 0 Å². The molecule has 1 aliphatic rings. The quantitative estimate of drug-likeness (QED) is 0.188. The molecule has 0 saturated carbocycles. The normalized spacial score (nSPS) is 13.7. The molecule has 1 fully saturated rings. The lowest BCUT2D eigenvalue weighted by Crippen LogP contribution is -2.39. The number of pyridine rings is 1. The zero-order valence-electron chi connectivity index (χ0n) is 25.2. The van der Waals surface area contributed by atoms with Gasteiger partial charge in [0, 0.05) is 30.0 Å². The number of piperidine rings is 1. The Bertz CT molecular complexity index is 1700. The van der Waals surface area contributed by atoms with Gasteiger partial charge in [-0.15, -0.1) is 24.8 Å². The highest BCUT2D eigenvalue weighted by atomic mass is 35.5. The molecule has 10 nitrogen and oxygen atoms in total. The first-order valence-electron chi connectivity index (χ1n) is 14.2. The van der Waals surface area contributed by atoms with Crippen molar-refractivity contribution < 1.29 is 19.4 Å². The van der Waals surface area contributed by atoms with Crippen molar-refractivity contribution in [2.75, 3.05) is 36.9 Å². The number of amides is 2. The number of nitrogens with one attached hydrogen (secondary N) is 2. The smallest absolute Gasteiger partial charge is 0.255 e. The number of hydrogen-bond donors (Lipinski definition) is 3. The number of rotatable bonds is 9. The molecule has 3 heterocycles. The minimum Gasteiger partial charge on any atom is -0.439 e. The zero-order valence-corrected chi connectivity index (χ0v) is 27.7. The molecule has 2 aromatic heterocycles. The van der Waals surface area contributed by atoms with Crippen molar-refractivity contribution in [1.29, 1.82) is 5.26 Å². The van der Waals surface area contributed by atoms with Crippen LogP contribution >= 0.6 is 36.2 Å². The van der Waals surface area contributed by atoms with Crippen LogP contribution in [0.2, 0.25) is 0 Å². The lowest BCUT2D eigenvalue weighted by atomic mass is 9.85. The number of carbonyl (C=O) groups excluding carboxylic acids is 2. The van der Waals surface area contributed by atoms with E-state index in [0.717, 1.165) is 37.1 Å². The third-order valence-electron chi connectivity index (χ3n) is 7.60.